The Kier molecular flexibility index (Phi) is 4.39. The second-order valence-electron chi connectivity index (χ2n) is 5.56. The largest absolute Gasteiger partial charge is 0.478 e. The number of aromatic carboxylic acids is 1. The van der Waals surface area contributed by atoms with Crippen LogP contribution in [0.5, 0.6) is 0 Å². The van der Waals surface area contributed by atoms with Crippen molar-refractivity contribution in [3.05, 3.63) is 29.3 Å². The average Bonchev–Trinajstić information content (AvgIpc) is 2.80. The fourth-order valence-corrected chi connectivity index (χ4v) is 5.31. The lowest BCUT2D eigenvalue weighted by molar-refractivity contribution is 0.0696. The number of carbonyl (C=O) groups is 1. The molecule has 1 N–H and O–H groups in total. The number of sulfonamides is 1. The summed E-state index contributed by atoms with van der Waals surface area (Å²) < 4.78 is 27.4. The van der Waals surface area contributed by atoms with Crippen LogP contribution in [0.25, 0.3) is 0 Å². The normalized spacial score (nSPS) is 23.4. The van der Waals surface area contributed by atoms with Crippen LogP contribution < -0.4 is 0 Å². The van der Waals surface area contributed by atoms with Gasteiger partial charge in [-0.05, 0) is 50.8 Å². The molecular formula is C15H21NO4S. The van der Waals surface area contributed by atoms with Gasteiger partial charge < -0.3 is 5.11 Å². The van der Waals surface area contributed by atoms with Crippen molar-refractivity contribution in [3.8, 4) is 0 Å². The Morgan fingerprint density at radius 3 is 2.62 bits per heavy atom. The molecule has 21 heavy (non-hydrogen) atoms. The summed E-state index contributed by atoms with van der Waals surface area (Å²) in [5.74, 6) is -1.11. The van der Waals surface area contributed by atoms with Crippen LogP contribution in [0.1, 0.15) is 49.0 Å². The average molecular weight is 311 g/mol. The Labute approximate surface area is 125 Å². The first-order valence-electron chi connectivity index (χ1n) is 7.17. The van der Waals surface area contributed by atoms with E-state index in [1.54, 1.807) is 11.2 Å². The quantitative estimate of drug-likeness (QED) is 0.927. The van der Waals surface area contributed by atoms with Crippen molar-refractivity contribution in [2.24, 2.45) is 0 Å². The molecule has 5 nitrogen and oxygen atoms in total. The molecule has 0 radical (unpaired) electrons. The van der Waals surface area contributed by atoms with Crippen LogP contribution in [-0.2, 0) is 10.0 Å². The van der Waals surface area contributed by atoms with E-state index in [2.05, 4.69) is 0 Å². The predicted octanol–water partition coefficient (Wildman–Crippen LogP) is 2.64. The van der Waals surface area contributed by atoms with Gasteiger partial charge in [-0.1, -0.05) is 13.0 Å². The summed E-state index contributed by atoms with van der Waals surface area (Å²) >= 11 is 0. The number of rotatable bonds is 4. The SMILES string of the molecule is CCC1CCC(C)N1S(=O)(=O)c1cccc(C(=O)O)c1C. The first kappa shape index (κ1) is 16.0. The number of hydrogen-bond acceptors (Lipinski definition) is 3. The van der Waals surface area contributed by atoms with E-state index in [4.69, 9.17) is 5.11 Å². The highest BCUT2D eigenvalue weighted by molar-refractivity contribution is 7.89. The highest BCUT2D eigenvalue weighted by Gasteiger charge is 2.40. The Morgan fingerprint density at radius 2 is 2.05 bits per heavy atom. The van der Waals surface area contributed by atoms with Crippen LogP contribution in [0.2, 0.25) is 0 Å². The fraction of sp³-hybridized carbons (Fsp3) is 0.533. The maximum atomic E-state index is 12.9. The van der Waals surface area contributed by atoms with E-state index >= 15 is 0 Å². The van der Waals surface area contributed by atoms with E-state index in [1.165, 1.54) is 18.2 Å². The van der Waals surface area contributed by atoms with E-state index in [9.17, 15) is 13.2 Å². The molecule has 0 amide bonds. The van der Waals surface area contributed by atoms with Crippen LogP contribution in [0, 0.1) is 6.92 Å². The van der Waals surface area contributed by atoms with Crippen molar-refractivity contribution in [1.82, 2.24) is 4.31 Å². The highest BCUT2D eigenvalue weighted by Crippen LogP contribution is 2.33. The third-order valence-electron chi connectivity index (χ3n) is 4.25. The minimum Gasteiger partial charge on any atom is -0.478 e. The Hall–Kier alpha value is -1.40. The third-order valence-corrected chi connectivity index (χ3v) is 6.46. The van der Waals surface area contributed by atoms with Crippen molar-refractivity contribution in [1.29, 1.82) is 0 Å². The molecule has 0 saturated carbocycles. The van der Waals surface area contributed by atoms with Gasteiger partial charge in [0.25, 0.3) is 0 Å². The molecule has 1 aliphatic rings. The lowest BCUT2D eigenvalue weighted by atomic mass is 10.1. The fourth-order valence-electron chi connectivity index (χ4n) is 3.10. The first-order valence-corrected chi connectivity index (χ1v) is 8.61. The lowest BCUT2D eigenvalue weighted by Crippen LogP contribution is -2.40. The maximum Gasteiger partial charge on any atom is 0.335 e. The van der Waals surface area contributed by atoms with Gasteiger partial charge in [-0.15, -0.1) is 0 Å². The van der Waals surface area contributed by atoms with Crippen molar-refractivity contribution in [2.75, 3.05) is 0 Å². The molecular weight excluding hydrogens is 290 g/mol. The summed E-state index contributed by atoms with van der Waals surface area (Å²) in [5, 5.41) is 9.16. The molecule has 1 aromatic rings. The van der Waals surface area contributed by atoms with E-state index in [0.717, 1.165) is 19.3 Å². The minimum absolute atomic E-state index is 0.00196. The number of benzene rings is 1. The van der Waals surface area contributed by atoms with E-state index in [0.29, 0.717) is 5.56 Å². The summed E-state index contributed by atoms with van der Waals surface area (Å²) in [7, 11) is -3.67. The van der Waals surface area contributed by atoms with E-state index < -0.39 is 16.0 Å². The van der Waals surface area contributed by atoms with Crippen molar-refractivity contribution >= 4 is 16.0 Å². The number of carboxylic acids is 1. The molecule has 116 valence electrons. The molecule has 1 fully saturated rings. The van der Waals surface area contributed by atoms with Gasteiger partial charge in [0.05, 0.1) is 10.5 Å². The standard InChI is InChI=1S/C15H21NO4S/c1-4-12-9-8-10(2)16(12)21(19,20)14-7-5-6-13(11(14)3)15(17)18/h5-7,10,12H,4,8-9H2,1-3H3,(H,17,18). The van der Waals surface area contributed by atoms with Crippen LogP contribution >= 0.6 is 0 Å². The molecule has 2 atom stereocenters. The summed E-state index contributed by atoms with van der Waals surface area (Å²) in [6, 6.07) is 4.37. The Balaban J connectivity index is 2.54. The van der Waals surface area contributed by atoms with Crippen LogP contribution in [-0.4, -0.2) is 35.9 Å². The summed E-state index contributed by atoms with van der Waals surface area (Å²) in [6.45, 7) is 5.44. The molecule has 1 heterocycles. The molecule has 0 spiro atoms. The smallest absolute Gasteiger partial charge is 0.335 e. The molecule has 2 unspecified atom stereocenters. The molecule has 1 aromatic carbocycles. The minimum atomic E-state index is -3.67. The number of carboxylic acid groups (broad SMARTS) is 1. The highest BCUT2D eigenvalue weighted by atomic mass is 32.2. The second-order valence-corrected chi connectivity index (χ2v) is 7.37. The molecule has 0 aliphatic carbocycles. The van der Waals surface area contributed by atoms with Crippen LogP contribution in [0.4, 0.5) is 0 Å². The van der Waals surface area contributed by atoms with Crippen molar-refractivity contribution in [3.63, 3.8) is 0 Å². The summed E-state index contributed by atoms with van der Waals surface area (Å²) in [6.07, 6.45) is 2.46. The van der Waals surface area contributed by atoms with E-state index in [1.807, 2.05) is 13.8 Å². The zero-order chi connectivity index (χ0) is 15.8. The van der Waals surface area contributed by atoms with Gasteiger partial charge in [-0.25, -0.2) is 13.2 Å². The van der Waals surface area contributed by atoms with Crippen molar-refractivity contribution < 1.29 is 18.3 Å². The molecule has 1 aliphatic heterocycles. The Morgan fingerprint density at radius 1 is 1.38 bits per heavy atom. The van der Waals surface area contributed by atoms with Crippen molar-refractivity contribution in [2.45, 2.75) is 57.0 Å². The predicted molar refractivity (Wildman–Crippen MR) is 79.9 cm³/mol. The van der Waals surface area contributed by atoms with Gasteiger partial charge in [0.2, 0.25) is 10.0 Å². The topological polar surface area (TPSA) is 74.7 Å². The second kappa shape index (κ2) is 5.77. The zero-order valence-corrected chi connectivity index (χ0v) is 13.4. The molecule has 2 rings (SSSR count). The van der Waals surface area contributed by atoms with Gasteiger partial charge in [0, 0.05) is 12.1 Å². The number of hydrogen-bond donors (Lipinski definition) is 1. The van der Waals surface area contributed by atoms with Gasteiger partial charge >= 0.3 is 5.97 Å². The van der Waals surface area contributed by atoms with Crippen LogP contribution in [0.15, 0.2) is 23.1 Å². The Bertz CT molecular complexity index is 654. The molecule has 0 bridgehead atoms. The van der Waals surface area contributed by atoms with Gasteiger partial charge in [0.1, 0.15) is 0 Å². The molecule has 1 saturated heterocycles. The van der Waals surface area contributed by atoms with Crippen LogP contribution in [0.3, 0.4) is 0 Å². The summed E-state index contributed by atoms with van der Waals surface area (Å²) in [5.41, 5.74) is 0.343. The monoisotopic (exact) mass is 311 g/mol. The zero-order valence-electron chi connectivity index (χ0n) is 12.5. The maximum absolute atomic E-state index is 12.9. The molecule has 0 aromatic heterocycles. The third kappa shape index (κ3) is 2.70. The van der Waals surface area contributed by atoms with Gasteiger partial charge in [-0.3, -0.25) is 0 Å². The first-order chi connectivity index (χ1) is 9.80. The lowest BCUT2D eigenvalue weighted by Gasteiger charge is -2.27. The van der Waals surface area contributed by atoms with Gasteiger partial charge in [0.15, 0.2) is 0 Å². The van der Waals surface area contributed by atoms with E-state index in [-0.39, 0.29) is 22.5 Å². The van der Waals surface area contributed by atoms with Gasteiger partial charge in [-0.2, -0.15) is 4.31 Å². The number of nitrogens with zero attached hydrogens (tertiary/aromatic N) is 1. The summed E-state index contributed by atoms with van der Waals surface area (Å²) in [4.78, 5) is 11.3. The molecule has 6 heteroatoms.